The SMILES string of the molecule is CNCC(=O)c1ccc(OCCF)cc1. The number of hydrogen-bond donors (Lipinski definition) is 1. The predicted octanol–water partition coefficient (Wildman–Crippen LogP) is 1.44. The number of carbonyl (C=O) groups excluding carboxylic acids is 1. The van der Waals surface area contributed by atoms with Crippen molar-refractivity contribution in [3.8, 4) is 5.75 Å². The molecule has 0 radical (unpaired) electrons. The fraction of sp³-hybridized carbons (Fsp3) is 0.364. The number of ketones is 1. The van der Waals surface area contributed by atoms with Crippen LogP contribution in [0.4, 0.5) is 4.39 Å². The highest BCUT2D eigenvalue weighted by molar-refractivity contribution is 5.97. The number of Topliss-reactive ketones (excluding diaryl/α,β-unsaturated/α-hetero) is 1. The van der Waals surface area contributed by atoms with Crippen LogP contribution in [0.5, 0.6) is 5.75 Å². The Bertz CT molecular complexity index is 311. The summed E-state index contributed by atoms with van der Waals surface area (Å²) >= 11 is 0. The Kier molecular flexibility index (Phi) is 4.77. The molecule has 0 saturated heterocycles. The van der Waals surface area contributed by atoms with Crippen molar-refractivity contribution in [3.63, 3.8) is 0 Å². The fourth-order valence-electron chi connectivity index (χ4n) is 1.16. The minimum Gasteiger partial charge on any atom is -0.491 e. The van der Waals surface area contributed by atoms with E-state index in [0.29, 0.717) is 17.9 Å². The van der Waals surface area contributed by atoms with E-state index in [0.717, 1.165) is 0 Å². The number of nitrogens with one attached hydrogen (secondary N) is 1. The molecule has 82 valence electrons. The third-order valence-corrected chi connectivity index (χ3v) is 1.86. The minimum atomic E-state index is -0.513. The molecule has 1 aromatic rings. The van der Waals surface area contributed by atoms with Crippen molar-refractivity contribution >= 4 is 5.78 Å². The number of likely N-dealkylation sites (N-methyl/N-ethyl adjacent to an activating group) is 1. The minimum absolute atomic E-state index is 0.0227. The molecule has 0 heterocycles. The van der Waals surface area contributed by atoms with Crippen LogP contribution in [0.1, 0.15) is 10.4 Å². The first-order chi connectivity index (χ1) is 7.27. The highest BCUT2D eigenvalue weighted by Gasteiger charge is 2.03. The lowest BCUT2D eigenvalue weighted by Crippen LogP contribution is -2.18. The molecule has 0 bridgehead atoms. The van der Waals surface area contributed by atoms with Crippen molar-refractivity contribution in [2.24, 2.45) is 0 Å². The van der Waals surface area contributed by atoms with Crippen LogP contribution in [-0.4, -0.2) is 32.7 Å². The van der Waals surface area contributed by atoms with E-state index in [1.807, 2.05) is 0 Å². The summed E-state index contributed by atoms with van der Waals surface area (Å²) in [5.74, 6) is 0.600. The number of carbonyl (C=O) groups is 1. The lowest BCUT2D eigenvalue weighted by Gasteiger charge is -2.04. The van der Waals surface area contributed by atoms with Crippen molar-refractivity contribution in [1.29, 1.82) is 0 Å². The molecule has 0 aliphatic heterocycles. The lowest BCUT2D eigenvalue weighted by molar-refractivity contribution is 0.0993. The number of hydrogen-bond acceptors (Lipinski definition) is 3. The van der Waals surface area contributed by atoms with Gasteiger partial charge in [-0.3, -0.25) is 4.79 Å². The van der Waals surface area contributed by atoms with Crippen LogP contribution in [0.2, 0.25) is 0 Å². The Balaban J connectivity index is 2.59. The third-order valence-electron chi connectivity index (χ3n) is 1.86. The Morgan fingerprint density at radius 2 is 2.07 bits per heavy atom. The highest BCUT2D eigenvalue weighted by atomic mass is 19.1. The molecule has 0 fully saturated rings. The summed E-state index contributed by atoms with van der Waals surface area (Å²) in [6.45, 7) is -0.158. The summed E-state index contributed by atoms with van der Waals surface area (Å²) in [5.41, 5.74) is 0.622. The lowest BCUT2D eigenvalue weighted by atomic mass is 10.1. The first-order valence-electron chi connectivity index (χ1n) is 4.74. The molecular weight excluding hydrogens is 197 g/mol. The molecule has 0 amide bonds. The summed E-state index contributed by atoms with van der Waals surface area (Å²) in [6, 6.07) is 6.68. The van der Waals surface area contributed by atoms with E-state index in [2.05, 4.69) is 5.32 Å². The zero-order valence-electron chi connectivity index (χ0n) is 8.63. The maximum atomic E-state index is 11.8. The molecule has 15 heavy (non-hydrogen) atoms. The van der Waals surface area contributed by atoms with Crippen LogP contribution in [0.15, 0.2) is 24.3 Å². The number of benzene rings is 1. The Morgan fingerprint density at radius 3 is 2.60 bits per heavy atom. The molecule has 1 rings (SSSR count). The fourth-order valence-corrected chi connectivity index (χ4v) is 1.16. The van der Waals surface area contributed by atoms with E-state index in [-0.39, 0.29) is 12.4 Å². The van der Waals surface area contributed by atoms with Gasteiger partial charge in [-0.1, -0.05) is 0 Å². The largest absolute Gasteiger partial charge is 0.491 e. The smallest absolute Gasteiger partial charge is 0.176 e. The van der Waals surface area contributed by atoms with Gasteiger partial charge in [0.2, 0.25) is 0 Å². The van der Waals surface area contributed by atoms with Gasteiger partial charge in [0.05, 0.1) is 6.54 Å². The van der Waals surface area contributed by atoms with Crippen LogP contribution in [-0.2, 0) is 0 Å². The first kappa shape index (κ1) is 11.7. The van der Waals surface area contributed by atoms with E-state index in [9.17, 15) is 9.18 Å². The summed E-state index contributed by atoms with van der Waals surface area (Å²) in [7, 11) is 1.72. The van der Waals surface area contributed by atoms with Gasteiger partial charge in [-0.25, -0.2) is 4.39 Å². The zero-order valence-corrected chi connectivity index (χ0v) is 8.63. The molecule has 0 spiro atoms. The topological polar surface area (TPSA) is 38.3 Å². The van der Waals surface area contributed by atoms with Gasteiger partial charge in [0.25, 0.3) is 0 Å². The molecule has 4 heteroatoms. The van der Waals surface area contributed by atoms with Crippen molar-refractivity contribution in [3.05, 3.63) is 29.8 Å². The van der Waals surface area contributed by atoms with Crippen LogP contribution in [0.3, 0.4) is 0 Å². The van der Waals surface area contributed by atoms with E-state index in [1.165, 1.54) is 0 Å². The molecule has 3 nitrogen and oxygen atoms in total. The maximum Gasteiger partial charge on any atom is 0.176 e. The van der Waals surface area contributed by atoms with Crippen LogP contribution >= 0.6 is 0 Å². The molecule has 0 aliphatic rings. The Hall–Kier alpha value is -1.42. The van der Waals surface area contributed by atoms with Crippen LogP contribution in [0.25, 0.3) is 0 Å². The summed E-state index contributed by atoms with van der Waals surface area (Å²) in [6.07, 6.45) is 0. The molecule has 1 N–H and O–H groups in total. The van der Waals surface area contributed by atoms with Crippen LogP contribution < -0.4 is 10.1 Å². The van der Waals surface area contributed by atoms with Gasteiger partial charge in [0.1, 0.15) is 19.0 Å². The van der Waals surface area contributed by atoms with Gasteiger partial charge >= 0.3 is 0 Å². The molecule has 0 unspecified atom stereocenters. The van der Waals surface area contributed by atoms with E-state index >= 15 is 0 Å². The second kappa shape index (κ2) is 6.14. The van der Waals surface area contributed by atoms with Gasteiger partial charge in [0.15, 0.2) is 5.78 Å². The molecule has 0 aromatic heterocycles. The normalized spacial score (nSPS) is 10.0. The molecular formula is C11H14FNO2. The van der Waals surface area contributed by atoms with Gasteiger partial charge in [-0.2, -0.15) is 0 Å². The summed E-state index contributed by atoms with van der Waals surface area (Å²) < 4.78 is 16.8. The average Bonchev–Trinajstić information content (AvgIpc) is 2.27. The number of ether oxygens (including phenoxy) is 1. The monoisotopic (exact) mass is 211 g/mol. The molecule has 0 atom stereocenters. The zero-order chi connectivity index (χ0) is 11.1. The van der Waals surface area contributed by atoms with E-state index in [4.69, 9.17) is 4.74 Å². The molecule has 1 aromatic carbocycles. The van der Waals surface area contributed by atoms with Gasteiger partial charge in [-0.15, -0.1) is 0 Å². The van der Waals surface area contributed by atoms with Crippen molar-refractivity contribution in [2.75, 3.05) is 26.9 Å². The number of alkyl halides is 1. The highest BCUT2D eigenvalue weighted by Crippen LogP contribution is 2.12. The maximum absolute atomic E-state index is 11.8. The Labute approximate surface area is 88.2 Å². The van der Waals surface area contributed by atoms with Gasteiger partial charge < -0.3 is 10.1 Å². The number of rotatable bonds is 6. The number of halogens is 1. The second-order valence-corrected chi connectivity index (χ2v) is 3.02. The average molecular weight is 211 g/mol. The second-order valence-electron chi connectivity index (χ2n) is 3.02. The molecule has 0 saturated carbocycles. The first-order valence-corrected chi connectivity index (χ1v) is 4.74. The van der Waals surface area contributed by atoms with Crippen LogP contribution in [0, 0.1) is 0 Å². The van der Waals surface area contributed by atoms with Crippen molar-refractivity contribution < 1.29 is 13.9 Å². The summed E-state index contributed by atoms with van der Waals surface area (Å²) in [5, 5.41) is 2.78. The van der Waals surface area contributed by atoms with Gasteiger partial charge in [0, 0.05) is 5.56 Å². The van der Waals surface area contributed by atoms with E-state index in [1.54, 1.807) is 31.3 Å². The molecule has 0 aliphatic carbocycles. The quantitative estimate of drug-likeness (QED) is 0.723. The summed E-state index contributed by atoms with van der Waals surface area (Å²) in [4.78, 5) is 11.4. The van der Waals surface area contributed by atoms with Gasteiger partial charge in [-0.05, 0) is 31.3 Å². The standard InChI is InChI=1S/C11H14FNO2/c1-13-8-11(14)9-2-4-10(5-3-9)15-7-6-12/h2-5,13H,6-8H2,1H3. The van der Waals surface area contributed by atoms with E-state index < -0.39 is 6.67 Å². The van der Waals surface area contributed by atoms with Crippen molar-refractivity contribution in [2.45, 2.75) is 0 Å². The van der Waals surface area contributed by atoms with Crippen molar-refractivity contribution in [1.82, 2.24) is 5.32 Å². The Morgan fingerprint density at radius 1 is 1.40 bits per heavy atom. The third kappa shape index (κ3) is 3.67. The predicted molar refractivity (Wildman–Crippen MR) is 56.2 cm³/mol.